The van der Waals surface area contributed by atoms with Crippen molar-refractivity contribution in [2.45, 2.75) is 25.4 Å². The lowest BCUT2D eigenvalue weighted by molar-refractivity contribution is -0.130. The number of nitrogens with one attached hydrogen (secondary N) is 3. The molecule has 0 spiro atoms. The maximum absolute atomic E-state index is 13.0. The summed E-state index contributed by atoms with van der Waals surface area (Å²) >= 11 is 0. The number of amides is 3. The number of benzene rings is 2. The largest absolute Gasteiger partial charge is 0.381 e. The normalized spacial score (nSPS) is 16.3. The number of para-hydroxylation sites is 2. The van der Waals surface area contributed by atoms with Gasteiger partial charge in [0.15, 0.2) is 0 Å². The number of carbonyl (C=O) groups excluding carboxylic acids is 3. The molecule has 0 saturated carbocycles. The van der Waals surface area contributed by atoms with Gasteiger partial charge in [0.25, 0.3) is 11.8 Å². The first-order valence-corrected chi connectivity index (χ1v) is 9.18. The van der Waals surface area contributed by atoms with Crippen LogP contribution < -0.4 is 20.9 Å². The lowest BCUT2D eigenvalue weighted by atomic mass is 10.0. The monoisotopic (exact) mass is 398 g/mol. The van der Waals surface area contributed by atoms with Gasteiger partial charge in [0.05, 0.1) is 11.4 Å². The zero-order chi connectivity index (χ0) is 21.2. The second kappa shape index (κ2) is 7.90. The smallest absolute Gasteiger partial charge is 0.252 e. The zero-order valence-electron chi connectivity index (χ0n) is 16.5. The van der Waals surface area contributed by atoms with Crippen LogP contribution in [0.2, 0.25) is 0 Å². The van der Waals surface area contributed by atoms with Crippen molar-refractivity contribution in [3.8, 4) is 0 Å². The van der Waals surface area contributed by atoms with Crippen molar-refractivity contribution in [1.29, 1.82) is 0 Å². The highest BCUT2D eigenvalue weighted by atomic mass is 19.1. The van der Waals surface area contributed by atoms with Crippen LogP contribution in [-0.2, 0) is 9.59 Å². The van der Waals surface area contributed by atoms with Gasteiger partial charge in [-0.15, -0.1) is 0 Å². The van der Waals surface area contributed by atoms with E-state index in [2.05, 4.69) is 16.0 Å². The first-order valence-electron chi connectivity index (χ1n) is 9.18. The average Bonchev–Trinajstić information content (AvgIpc) is 2.80. The third kappa shape index (κ3) is 4.37. The first-order chi connectivity index (χ1) is 13.7. The molecule has 0 unspecified atom stereocenters. The molecule has 3 amide bonds. The Hall–Kier alpha value is -3.42. The van der Waals surface area contributed by atoms with Crippen LogP contribution in [-0.4, -0.2) is 42.9 Å². The Bertz CT molecular complexity index is 943. The molecule has 0 saturated heterocycles. The highest BCUT2D eigenvalue weighted by molar-refractivity contribution is 6.04. The topological polar surface area (TPSA) is 90.5 Å². The van der Waals surface area contributed by atoms with Crippen LogP contribution in [0.4, 0.5) is 15.8 Å². The van der Waals surface area contributed by atoms with Crippen molar-refractivity contribution in [2.75, 3.05) is 23.8 Å². The summed E-state index contributed by atoms with van der Waals surface area (Å²) < 4.78 is 13.0. The molecule has 7 nitrogen and oxygen atoms in total. The quantitative estimate of drug-likeness (QED) is 0.734. The summed E-state index contributed by atoms with van der Waals surface area (Å²) in [6.45, 7) is 3.29. The first kappa shape index (κ1) is 20.3. The molecule has 29 heavy (non-hydrogen) atoms. The van der Waals surface area contributed by atoms with Crippen LogP contribution in [0, 0.1) is 5.82 Å². The minimum absolute atomic E-state index is 0.216. The summed E-state index contributed by atoms with van der Waals surface area (Å²) in [7, 11) is 1.65. The third-order valence-electron chi connectivity index (χ3n) is 4.80. The number of hydrogen-bond donors (Lipinski definition) is 3. The molecule has 3 N–H and O–H groups in total. The van der Waals surface area contributed by atoms with E-state index in [1.165, 1.54) is 43.0 Å². The van der Waals surface area contributed by atoms with Crippen LogP contribution in [0.3, 0.4) is 0 Å². The summed E-state index contributed by atoms with van der Waals surface area (Å²) in [6, 6.07) is 11.6. The van der Waals surface area contributed by atoms with E-state index in [4.69, 9.17) is 0 Å². The number of carbonyl (C=O) groups is 3. The Morgan fingerprint density at radius 3 is 2.48 bits per heavy atom. The fraction of sp³-hybridized carbons (Fsp3) is 0.286. The lowest BCUT2D eigenvalue weighted by Crippen LogP contribution is -2.60. The molecule has 3 rings (SSSR count). The number of rotatable bonds is 4. The van der Waals surface area contributed by atoms with Crippen LogP contribution >= 0.6 is 0 Å². The van der Waals surface area contributed by atoms with E-state index in [-0.39, 0.29) is 18.0 Å². The van der Waals surface area contributed by atoms with E-state index in [0.717, 1.165) is 11.4 Å². The highest BCUT2D eigenvalue weighted by Crippen LogP contribution is 2.27. The Kier molecular flexibility index (Phi) is 5.54. The van der Waals surface area contributed by atoms with E-state index in [1.54, 1.807) is 7.05 Å². The standard InChI is InChI=1S/C21H23FN4O3/c1-21(2,25-18(27)13-8-10-14(22)11-9-13)20(29)24-16-12-23-15-6-4-5-7-17(15)26(3)19(16)28/h4-11,16,23H,12H2,1-3H3,(H,24,29)(H,25,27)/t16-/m1/s1. The van der Waals surface area contributed by atoms with Crippen molar-refractivity contribution in [2.24, 2.45) is 0 Å². The predicted molar refractivity (Wildman–Crippen MR) is 108 cm³/mol. The molecule has 8 heteroatoms. The molecular weight excluding hydrogens is 375 g/mol. The van der Waals surface area contributed by atoms with Crippen LogP contribution in [0.25, 0.3) is 0 Å². The number of hydrogen-bond acceptors (Lipinski definition) is 4. The molecule has 1 aliphatic rings. The average molecular weight is 398 g/mol. The van der Waals surface area contributed by atoms with Crippen molar-refractivity contribution in [1.82, 2.24) is 10.6 Å². The van der Waals surface area contributed by atoms with Crippen LogP contribution in [0.15, 0.2) is 48.5 Å². The summed E-state index contributed by atoms with van der Waals surface area (Å²) in [6.07, 6.45) is 0. The maximum atomic E-state index is 13.0. The number of fused-ring (bicyclic) bond motifs is 1. The molecule has 2 aromatic rings. The second-order valence-corrected chi connectivity index (χ2v) is 7.41. The number of likely N-dealkylation sites (N-methyl/N-ethyl adjacent to an activating group) is 1. The SMILES string of the molecule is CN1C(=O)[C@H](NC(=O)C(C)(C)NC(=O)c2ccc(F)cc2)CNc2ccccc21. The predicted octanol–water partition coefficient (Wildman–Crippen LogP) is 1.91. The van der Waals surface area contributed by atoms with Crippen LogP contribution in [0.1, 0.15) is 24.2 Å². The Labute approximate surface area is 168 Å². The van der Waals surface area contributed by atoms with Crippen molar-refractivity contribution in [3.63, 3.8) is 0 Å². The van der Waals surface area contributed by atoms with E-state index in [0.29, 0.717) is 0 Å². The van der Waals surface area contributed by atoms with Gasteiger partial charge in [0.1, 0.15) is 17.4 Å². The van der Waals surface area contributed by atoms with Crippen LogP contribution in [0.5, 0.6) is 0 Å². The molecule has 1 atom stereocenters. The summed E-state index contributed by atoms with van der Waals surface area (Å²) in [4.78, 5) is 39.5. The summed E-state index contributed by atoms with van der Waals surface area (Å²) in [5.41, 5.74) is 0.459. The minimum atomic E-state index is -1.29. The fourth-order valence-corrected chi connectivity index (χ4v) is 3.03. The number of halogens is 1. The number of nitrogens with zero attached hydrogens (tertiary/aromatic N) is 1. The lowest BCUT2D eigenvalue weighted by Gasteiger charge is -2.28. The Balaban J connectivity index is 1.69. The van der Waals surface area contributed by atoms with E-state index >= 15 is 0 Å². The van der Waals surface area contributed by atoms with Gasteiger partial charge in [0.2, 0.25) is 5.91 Å². The Morgan fingerprint density at radius 2 is 1.79 bits per heavy atom. The molecule has 0 fully saturated rings. The summed E-state index contributed by atoms with van der Waals surface area (Å²) in [5.74, 6) is -1.74. The number of anilines is 2. The third-order valence-corrected chi connectivity index (χ3v) is 4.80. The molecule has 1 aliphatic heterocycles. The van der Waals surface area contributed by atoms with E-state index in [1.807, 2.05) is 24.3 Å². The van der Waals surface area contributed by atoms with Gasteiger partial charge in [-0.1, -0.05) is 12.1 Å². The minimum Gasteiger partial charge on any atom is -0.381 e. The van der Waals surface area contributed by atoms with Gasteiger partial charge >= 0.3 is 0 Å². The van der Waals surface area contributed by atoms with Crippen molar-refractivity contribution >= 4 is 29.1 Å². The Morgan fingerprint density at radius 1 is 1.14 bits per heavy atom. The molecule has 0 aromatic heterocycles. The van der Waals surface area contributed by atoms with Gasteiger partial charge in [-0.05, 0) is 50.2 Å². The fourth-order valence-electron chi connectivity index (χ4n) is 3.03. The zero-order valence-corrected chi connectivity index (χ0v) is 16.5. The molecule has 0 aliphatic carbocycles. The van der Waals surface area contributed by atoms with E-state index in [9.17, 15) is 18.8 Å². The van der Waals surface area contributed by atoms with Gasteiger partial charge in [-0.2, -0.15) is 0 Å². The van der Waals surface area contributed by atoms with Gasteiger partial charge in [-0.25, -0.2) is 4.39 Å². The second-order valence-electron chi connectivity index (χ2n) is 7.41. The molecule has 1 heterocycles. The molecular formula is C21H23FN4O3. The van der Waals surface area contributed by atoms with Crippen molar-refractivity contribution < 1.29 is 18.8 Å². The molecule has 0 radical (unpaired) electrons. The van der Waals surface area contributed by atoms with Gasteiger partial charge in [0, 0.05) is 19.2 Å². The van der Waals surface area contributed by atoms with Crippen molar-refractivity contribution in [3.05, 3.63) is 59.9 Å². The summed E-state index contributed by atoms with van der Waals surface area (Å²) in [5, 5.41) is 8.50. The van der Waals surface area contributed by atoms with Gasteiger partial charge < -0.3 is 20.9 Å². The highest BCUT2D eigenvalue weighted by Gasteiger charge is 2.35. The molecule has 0 bridgehead atoms. The molecule has 152 valence electrons. The van der Waals surface area contributed by atoms with Gasteiger partial charge in [-0.3, -0.25) is 14.4 Å². The maximum Gasteiger partial charge on any atom is 0.252 e. The van der Waals surface area contributed by atoms with E-state index < -0.39 is 29.2 Å². The molecule has 2 aromatic carbocycles.